The van der Waals surface area contributed by atoms with Crippen LogP contribution >= 0.6 is 11.3 Å². The molecule has 110 valence electrons. The first kappa shape index (κ1) is 13.7. The normalized spacial score (nSPS) is 10.5. The van der Waals surface area contributed by atoms with Crippen molar-refractivity contribution >= 4 is 17.0 Å². The van der Waals surface area contributed by atoms with Gasteiger partial charge in [0.05, 0.1) is 21.6 Å². The van der Waals surface area contributed by atoms with Gasteiger partial charge in [0, 0.05) is 17.8 Å². The highest BCUT2D eigenvalue weighted by Gasteiger charge is 2.05. The number of nitrogens with zero attached hydrogens (tertiary/aromatic N) is 3. The summed E-state index contributed by atoms with van der Waals surface area (Å²) in [7, 11) is 0. The molecule has 1 aromatic carbocycles. The number of aromatic nitrogens is 3. The summed E-state index contributed by atoms with van der Waals surface area (Å²) < 4.78 is 1.76. The lowest BCUT2D eigenvalue weighted by atomic mass is 10.1. The second kappa shape index (κ2) is 5.71. The van der Waals surface area contributed by atoms with Gasteiger partial charge in [-0.1, -0.05) is 30.0 Å². The number of hydrogen-bond acceptors (Lipinski definition) is 3. The van der Waals surface area contributed by atoms with Crippen LogP contribution in [0.2, 0.25) is 0 Å². The van der Waals surface area contributed by atoms with Crippen molar-refractivity contribution in [2.75, 3.05) is 0 Å². The molecule has 0 aliphatic carbocycles. The molecule has 0 aliphatic heterocycles. The van der Waals surface area contributed by atoms with Crippen molar-refractivity contribution in [3.05, 3.63) is 76.9 Å². The minimum absolute atomic E-state index is 0.850. The molecule has 4 heteroatoms. The lowest BCUT2D eigenvalue weighted by molar-refractivity contribution is 0.941. The van der Waals surface area contributed by atoms with E-state index in [2.05, 4.69) is 41.0 Å². The van der Waals surface area contributed by atoms with Crippen LogP contribution < -0.4 is 0 Å². The Bertz CT molecular complexity index is 1050. The molecule has 0 atom stereocenters. The summed E-state index contributed by atoms with van der Waals surface area (Å²) >= 11 is 1.66. The monoisotopic (exact) mass is 315 g/mol. The number of rotatable bonds is 1. The molecule has 0 saturated heterocycles. The summed E-state index contributed by atoms with van der Waals surface area (Å²) in [5, 5.41) is 4.17. The van der Waals surface area contributed by atoms with E-state index in [1.54, 1.807) is 22.0 Å². The Hall–Kier alpha value is -2.90. The fraction of sp³-hybridized carbons (Fsp3) is 0.0526. The Balaban J connectivity index is 1.66. The molecule has 0 bridgehead atoms. The van der Waals surface area contributed by atoms with Crippen LogP contribution in [0.1, 0.15) is 16.0 Å². The fourth-order valence-electron chi connectivity index (χ4n) is 2.33. The maximum absolute atomic E-state index is 4.61. The average Bonchev–Trinajstić information content (AvgIpc) is 3.22. The van der Waals surface area contributed by atoms with Crippen LogP contribution in [0.15, 0.2) is 60.9 Å². The lowest BCUT2D eigenvalue weighted by Crippen LogP contribution is -1.89. The third-order valence-electron chi connectivity index (χ3n) is 3.58. The van der Waals surface area contributed by atoms with Crippen LogP contribution in [0.25, 0.3) is 16.2 Å². The quantitative estimate of drug-likeness (QED) is 0.494. The largest absolute Gasteiger partial charge is 0.228 e. The highest BCUT2D eigenvalue weighted by Crippen LogP contribution is 2.26. The minimum atomic E-state index is 0.850. The Kier molecular flexibility index (Phi) is 3.41. The Morgan fingerprint density at radius 2 is 1.91 bits per heavy atom. The van der Waals surface area contributed by atoms with Gasteiger partial charge in [-0.05, 0) is 36.8 Å². The van der Waals surface area contributed by atoms with E-state index in [1.165, 1.54) is 5.56 Å². The fourth-order valence-corrected chi connectivity index (χ4v) is 3.16. The molecule has 0 aliphatic rings. The summed E-state index contributed by atoms with van der Waals surface area (Å²) in [5.41, 5.74) is 4.07. The molecule has 0 amide bonds. The molecule has 0 fully saturated rings. The molecule has 0 saturated carbocycles. The topological polar surface area (TPSA) is 30.2 Å². The van der Waals surface area contributed by atoms with Crippen LogP contribution in [0.5, 0.6) is 0 Å². The van der Waals surface area contributed by atoms with E-state index in [4.69, 9.17) is 0 Å². The predicted octanol–water partition coefficient (Wildman–Crippen LogP) is 4.17. The summed E-state index contributed by atoms with van der Waals surface area (Å²) in [6, 6.07) is 16.2. The first-order valence-corrected chi connectivity index (χ1v) is 8.09. The van der Waals surface area contributed by atoms with E-state index in [9.17, 15) is 0 Å². The van der Waals surface area contributed by atoms with Gasteiger partial charge in [0.1, 0.15) is 0 Å². The number of thiophene rings is 1. The first-order chi connectivity index (χ1) is 11.3. The van der Waals surface area contributed by atoms with Gasteiger partial charge in [-0.25, -0.2) is 9.50 Å². The molecular weight excluding hydrogens is 302 g/mol. The van der Waals surface area contributed by atoms with E-state index in [0.717, 1.165) is 26.7 Å². The third kappa shape index (κ3) is 2.75. The molecule has 23 heavy (non-hydrogen) atoms. The third-order valence-corrected chi connectivity index (χ3v) is 4.61. The standard InChI is InChI=1S/C19H13N3S/c1-14-4-2-3-5-15(14)6-7-16-8-9-18(23-16)17-11-13-22-19(21-17)10-12-20-22/h2-5,8-13H,1H3. The molecule has 3 heterocycles. The molecule has 0 radical (unpaired) electrons. The maximum atomic E-state index is 4.61. The van der Waals surface area contributed by atoms with Crippen LogP contribution in [-0.2, 0) is 0 Å². The van der Waals surface area contributed by atoms with Gasteiger partial charge >= 0.3 is 0 Å². The lowest BCUT2D eigenvalue weighted by Gasteiger charge is -1.97. The van der Waals surface area contributed by atoms with E-state index in [0.29, 0.717) is 0 Å². The van der Waals surface area contributed by atoms with Crippen molar-refractivity contribution in [1.82, 2.24) is 14.6 Å². The average molecular weight is 315 g/mol. The van der Waals surface area contributed by atoms with Gasteiger partial charge in [-0.15, -0.1) is 11.3 Å². The zero-order chi connectivity index (χ0) is 15.6. The molecule has 4 aromatic rings. The Labute approximate surface area is 138 Å². The summed E-state index contributed by atoms with van der Waals surface area (Å²) in [4.78, 5) is 6.77. The van der Waals surface area contributed by atoms with Crippen molar-refractivity contribution < 1.29 is 0 Å². The Morgan fingerprint density at radius 3 is 2.83 bits per heavy atom. The van der Waals surface area contributed by atoms with Crippen LogP contribution in [0.4, 0.5) is 0 Å². The van der Waals surface area contributed by atoms with E-state index in [-0.39, 0.29) is 0 Å². The van der Waals surface area contributed by atoms with Gasteiger partial charge in [-0.3, -0.25) is 0 Å². The number of fused-ring (bicyclic) bond motifs is 1. The van der Waals surface area contributed by atoms with Crippen LogP contribution in [-0.4, -0.2) is 14.6 Å². The molecular formula is C19H13N3S. The first-order valence-electron chi connectivity index (χ1n) is 7.28. The molecule has 0 unspecified atom stereocenters. The van der Waals surface area contributed by atoms with Gasteiger partial charge in [0.15, 0.2) is 5.65 Å². The molecule has 0 N–H and O–H groups in total. The second-order valence-electron chi connectivity index (χ2n) is 5.18. The molecule has 3 aromatic heterocycles. The van der Waals surface area contributed by atoms with Crippen molar-refractivity contribution in [3.8, 4) is 22.4 Å². The number of hydrogen-bond donors (Lipinski definition) is 0. The van der Waals surface area contributed by atoms with Crippen LogP contribution in [0.3, 0.4) is 0 Å². The zero-order valence-corrected chi connectivity index (χ0v) is 13.3. The van der Waals surface area contributed by atoms with Crippen molar-refractivity contribution in [2.24, 2.45) is 0 Å². The zero-order valence-electron chi connectivity index (χ0n) is 12.5. The second-order valence-corrected chi connectivity index (χ2v) is 6.26. The van der Waals surface area contributed by atoms with Gasteiger partial charge in [0.2, 0.25) is 0 Å². The van der Waals surface area contributed by atoms with Crippen LogP contribution in [0, 0.1) is 18.8 Å². The highest BCUT2D eigenvalue weighted by molar-refractivity contribution is 7.16. The van der Waals surface area contributed by atoms with Gasteiger partial charge < -0.3 is 0 Å². The van der Waals surface area contributed by atoms with E-state index >= 15 is 0 Å². The highest BCUT2D eigenvalue weighted by atomic mass is 32.1. The Morgan fingerprint density at radius 1 is 1.00 bits per heavy atom. The summed E-state index contributed by atoms with van der Waals surface area (Å²) in [5.74, 6) is 6.49. The molecule has 4 rings (SSSR count). The number of aryl methyl sites for hydroxylation is 1. The van der Waals surface area contributed by atoms with Crippen molar-refractivity contribution in [1.29, 1.82) is 0 Å². The maximum Gasteiger partial charge on any atom is 0.155 e. The van der Waals surface area contributed by atoms with Crippen molar-refractivity contribution in [2.45, 2.75) is 6.92 Å². The van der Waals surface area contributed by atoms with Crippen molar-refractivity contribution in [3.63, 3.8) is 0 Å². The summed E-state index contributed by atoms with van der Waals surface area (Å²) in [6.07, 6.45) is 3.68. The van der Waals surface area contributed by atoms with E-state index in [1.807, 2.05) is 42.6 Å². The number of benzene rings is 1. The van der Waals surface area contributed by atoms with Gasteiger partial charge in [-0.2, -0.15) is 5.10 Å². The summed E-state index contributed by atoms with van der Waals surface area (Å²) in [6.45, 7) is 2.08. The SMILES string of the molecule is Cc1ccccc1C#Cc1ccc(-c2ccn3nccc3n2)s1. The van der Waals surface area contributed by atoms with Gasteiger partial charge in [0.25, 0.3) is 0 Å². The molecule has 0 spiro atoms. The molecule has 3 nitrogen and oxygen atoms in total. The minimum Gasteiger partial charge on any atom is -0.228 e. The van der Waals surface area contributed by atoms with E-state index < -0.39 is 0 Å². The predicted molar refractivity (Wildman–Crippen MR) is 93.5 cm³/mol. The smallest absolute Gasteiger partial charge is 0.155 e.